The Morgan fingerprint density at radius 1 is 1.55 bits per heavy atom. The van der Waals surface area contributed by atoms with Crippen LogP contribution in [0.15, 0.2) is 36.7 Å². The number of carbonyl (C=O) groups excluding carboxylic acids is 1. The summed E-state index contributed by atoms with van der Waals surface area (Å²) in [7, 11) is 1.53. The summed E-state index contributed by atoms with van der Waals surface area (Å²) in [5.74, 6) is -0.439. The number of methoxy groups -OCH3 is 1. The van der Waals surface area contributed by atoms with Crippen molar-refractivity contribution in [3.8, 4) is 0 Å². The molecule has 0 aliphatic rings. The first-order chi connectivity index (χ1) is 9.60. The molecule has 8 nitrogen and oxygen atoms in total. The van der Waals surface area contributed by atoms with Crippen LogP contribution >= 0.6 is 0 Å². The van der Waals surface area contributed by atoms with Crippen LogP contribution in [-0.2, 0) is 11.5 Å². The Labute approximate surface area is 114 Å². The SMILES string of the molecule is COCn1cc(NC(=O)c2cccc([N+](=O)[O-])c2)cn1. The predicted octanol–water partition coefficient (Wildman–Crippen LogP) is 1.65. The van der Waals surface area contributed by atoms with Gasteiger partial charge in [0.1, 0.15) is 6.73 Å². The summed E-state index contributed by atoms with van der Waals surface area (Å²) in [5.41, 5.74) is 0.560. The molecular weight excluding hydrogens is 264 g/mol. The number of nitro benzene ring substituents is 1. The molecule has 1 aromatic heterocycles. The number of benzene rings is 1. The lowest BCUT2D eigenvalue weighted by Gasteiger charge is -2.02. The molecule has 1 aromatic carbocycles. The van der Waals surface area contributed by atoms with Crippen molar-refractivity contribution in [3.05, 3.63) is 52.3 Å². The minimum atomic E-state index is -0.548. The molecule has 2 aromatic rings. The van der Waals surface area contributed by atoms with Gasteiger partial charge in [-0.05, 0) is 6.07 Å². The van der Waals surface area contributed by atoms with Gasteiger partial charge in [-0.1, -0.05) is 6.07 Å². The van der Waals surface area contributed by atoms with Crippen LogP contribution in [0.3, 0.4) is 0 Å². The zero-order valence-corrected chi connectivity index (χ0v) is 10.6. The highest BCUT2D eigenvalue weighted by molar-refractivity contribution is 6.04. The van der Waals surface area contributed by atoms with Gasteiger partial charge in [0.25, 0.3) is 11.6 Å². The number of nitrogens with one attached hydrogen (secondary N) is 1. The van der Waals surface area contributed by atoms with E-state index in [0.717, 1.165) is 0 Å². The van der Waals surface area contributed by atoms with Crippen molar-refractivity contribution < 1.29 is 14.5 Å². The van der Waals surface area contributed by atoms with Crippen LogP contribution < -0.4 is 5.32 Å². The van der Waals surface area contributed by atoms with Crippen LogP contribution in [0.1, 0.15) is 10.4 Å². The first kappa shape index (κ1) is 13.7. The van der Waals surface area contributed by atoms with Gasteiger partial charge in [-0.2, -0.15) is 5.10 Å². The molecular formula is C12H12N4O4. The van der Waals surface area contributed by atoms with E-state index < -0.39 is 10.8 Å². The Morgan fingerprint density at radius 3 is 3.05 bits per heavy atom. The molecule has 0 radical (unpaired) electrons. The van der Waals surface area contributed by atoms with Gasteiger partial charge in [-0.15, -0.1) is 0 Å². The van der Waals surface area contributed by atoms with E-state index in [0.29, 0.717) is 5.69 Å². The summed E-state index contributed by atoms with van der Waals surface area (Å²) in [4.78, 5) is 22.1. The largest absolute Gasteiger partial charge is 0.362 e. The minimum absolute atomic E-state index is 0.132. The lowest BCUT2D eigenvalue weighted by Crippen LogP contribution is -2.11. The van der Waals surface area contributed by atoms with E-state index in [4.69, 9.17) is 4.74 Å². The van der Waals surface area contributed by atoms with E-state index in [1.165, 1.54) is 42.3 Å². The highest BCUT2D eigenvalue weighted by atomic mass is 16.6. The molecule has 2 rings (SSSR count). The number of nitrogens with zero attached hydrogens (tertiary/aromatic N) is 3. The Balaban J connectivity index is 2.11. The second kappa shape index (κ2) is 5.93. The summed E-state index contributed by atoms with van der Waals surface area (Å²) in [6.45, 7) is 0.271. The molecule has 1 amide bonds. The summed E-state index contributed by atoms with van der Waals surface area (Å²) < 4.78 is 6.39. The third-order valence-corrected chi connectivity index (χ3v) is 2.47. The van der Waals surface area contributed by atoms with Crippen LogP contribution in [0.25, 0.3) is 0 Å². The van der Waals surface area contributed by atoms with Crippen LogP contribution in [0.4, 0.5) is 11.4 Å². The number of hydrogen-bond donors (Lipinski definition) is 1. The third kappa shape index (κ3) is 3.18. The number of nitro groups is 1. The van der Waals surface area contributed by atoms with E-state index in [2.05, 4.69) is 10.4 Å². The normalized spacial score (nSPS) is 10.2. The highest BCUT2D eigenvalue weighted by Gasteiger charge is 2.12. The maximum absolute atomic E-state index is 12.0. The Morgan fingerprint density at radius 2 is 2.35 bits per heavy atom. The van der Waals surface area contributed by atoms with Gasteiger partial charge in [0.05, 0.1) is 23.0 Å². The predicted molar refractivity (Wildman–Crippen MR) is 70.3 cm³/mol. The molecule has 0 saturated carbocycles. The first-order valence-electron chi connectivity index (χ1n) is 5.67. The van der Waals surface area contributed by atoms with Crippen LogP contribution in [-0.4, -0.2) is 27.7 Å². The Bertz CT molecular complexity index is 638. The molecule has 0 aliphatic heterocycles. The van der Waals surface area contributed by atoms with E-state index in [1.807, 2.05) is 0 Å². The van der Waals surface area contributed by atoms with E-state index in [9.17, 15) is 14.9 Å². The number of ether oxygens (including phenoxy) is 1. The molecule has 0 atom stereocenters. The number of anilines is 1. The average molecular weight is 276 g/mol. The van der Waals surface area contributed by atoms with Gasteiger partial charge in [0.2, 0.25) is 0 Å². The molecule has 0 fully saturated rings. The maximum Gasteiger partial charge on any atom is 0.270 e. The van der Waals surface area contributed by atoms with Crippen molar-refractivity contribution in [1.29, 1.82) is 0 Å². The third-order valence-electron chi connectivity index (χ3n) is 2.47. The fourth-order valence-corrected chi connectivity index (χ4v) is 1.59. The smallest absolute Gasteiger partial charge is 0.270 e. The van der Waals surface area contributed by atoms with Gasteiger partial charge in [0, 0.05) is 24.8 Å². The summed E-state index contributed by atoms with van der Waals surface area (Å²) >= 11 is 0. The second-order valence-electron chi connectivity index (χ2n) is 3.95. The molecule has 0 bridgehead atoms. The Kier molecular flexibility index (Phi) is 4.06. The summed E-state index contributed by atoms with van der Waals surface area (Å²) in [6.07, 6.45) is 3.06. The zero-order valence-electron chi connectivity index (χ0n) is 10.6. The number of non-ortho nitro benzene ring substituents is 1. The number of carbonyl (C=O) groups is 1. The minimum Gasteiger partial charge on any atom is -0.362 e. The lowest BCUT2D eigenvalue weighted by atomic mass is 10.2. The van der Waals surface area contributed by atoms with Crippen molar-refractivity contribution in [3.63, 3.8) is 0 Å². The van der Waals surface area contributed by atoms with Gasteiger partial charge in [-0.3, -0.25) is 14.9 Å². The van der Waals surface area contributed by atoms with E-state index in [-0.39, 0.29) is 18.0 Å². The van der Waals surface area contributed by atoms with E-state index >= 15 is 0 Å². The molecule has 20 heavy (non-hydrogen) atoms. The molecule has 0 aliphatic carbocycles. The van der Waals surface area contributed by atoms with Crippen LogP contribution in [0.2, 0.25) is 0 Å². The molecule has 1 heterocycles. The van der Waals surface area contributed by atoms with Gasteiger partial charge in [0.15, 0.2) is 0 Å². The van der Waals surface area contributed by atoms with Crippen molar-refractivity contribution in [2.24, 2.45) is 0 Å². The van der Waals surface area contributed by atoms with Crippen molar-refractivity contribution >= 4 is 17.3 Å². The second-order valence-corrected chi connectivity index (χ2v) is 3.95. The summed E-state index contributed by atoms with van der Waals surface area (Å²) in [5, 5.41) is 17.2. The standard InChI is InChI=1S/C12H12N4O4/c1-20-8-15-7-10(6-13-15)14-12(17)9-3-2-4-11(5-9)16(18)19/h2-7H,8H2,1H3,(H,14,17). The average Bonchev–Trinajstić information content (AvgIpc) is 2.86. The van der Waals surface area contributed by atoms with Crippen LogP contribution in [0.5, 0.6) is 0 Å². The maximum atomic E-state index is 12.0. The molecule has 1 N–H and O–H groups in total. The lowest BCUT2D eigenvalue weighted by molar-refractivity contribution is -0.384. The summed E-state index contributed by atoms with van der Waals surface area (Å²) in [6, 6.07) is 5.51. The van der Waals surface area contributed by atoms with Crippen molar-refractivity contribution in [2.45, 2.75) is 6.73 Å². The highest BCUT2D eigenvalue weighted by Crippen LogP contribution is 2.15. The quantitative estimate of drug-likeness (QED) is 0.661. The molecule has 0 saturated heterocycles. The van der Waals surface area contributed by atoms with Crippen LogP contribution in [0, 0.1) is 10.1 Å². The molecule has 0 unspecified atom stereocenters. The van der Waals surface area contributed by atoms with Crippen molar-refractivity contribution in [1.82, 2.24) is 9.78 Å². The van der Waals surface area contributed by atoms with E-state index in [1.54, 1.807) is 6.20 Å². The monoisotopic (exact) mass is 276 g/mol. The fraction of sp³-hybridized carbons (Fsp3) is 0.167. The van der Waals surface area contributed by atoms with Gasteiger partial charge < -0.3 is 10.1 Å². The number of rotatable bonds is 5. The fourth-order valence-electron chi connectivity index (χ4n) is 1.59. The molecule has 8 heteroatoms. The van der Waals surface area contributed by atoms with Gasteiger partial charge in [-0.25, -0.2) is 4.68 Å². The number of hydrogen-bond acceptors (Lipinski definition) is 5. The van der Waals surface area contributed by atoms with Crippen molar-refractivity contribution in [2.75, 3.05) is 12.4 Å². The number of aromatic nitrogens is 2. The zero-order chi connectivity index (χ0) is 14.5. The molecule has 0 spiro atoms. The van der Waals surface area contributed by atoms with Gasteiger partial charge >= 0.3 is 0 Å². The topological polar surface area (TPSA) is 99.3 Å². The molecule has 104 valence electrons. The first-order valence-corrected chi connectivity index (χ1v) is 5.67. The Hall–Kier alpha value is -2.74. The number of amides is 1.